The first-order valence-corrected chi connectivity index (χ1v) is 11.2. The van der Waals surface area contributed by atoms with E-state index in [-0.39, 0.29) is 22.7 Å². The SMILES string of the molecule is COc1cc(OC)cc(N(C)C(=O)CC2C(C)(O)CCC3C(C)(C)CCCC32C)c1. The minimum absolute atomic E-state index is 0.0147. The first-order chi connectivity index (χ1) is 13.9. The molecule has 0 bridgehead atoms. The third-order valence-electron chi connectivity index (χ3n) is 8.24. The van der Waals surface area contributed by atoms with Crippen LogP contribution in [0.25, 0.3) is 0 Å². The Labute approximate surface area is 181 Å². The van der Waals surface area contributed by atoms with Gasteiger partial charge in [0.15, 0.2) is 0 Å². The zero-order valence-electron chi connectivity index (χ0n) is 19.7. The van der Waals surface area contributed by atoms with Crippen molar-refractivity contribution >= 4 is 11.6 Å². The Kier molecular flexibility index (Phi) is 6.16. The van der Waals surface area contributed by atoms with Gasteiger partial charge in [-0.15, -0.1) is 0 Å². The van der Waals surface area contributed by atoms with Gasteiger partial charge in [0.1, 0.15) is 11.5 Å². The molecule has 0 aromatic heterocycles. The number of hydrogen-bond donors (Lipinski definition) is 1. The van der Waals surface area contributed by atoms with Crippen molar-refractivity contribution in [3.05, 3.63) is 18.2 Å². The van der Waals surface area contributed by atoms with Crippen molar-refractivity contribution in [2.24, 2.45) is 22.7 Å². The smallest absolute Gasteiger partial charge is 0.227 e. The summed E-state index contributed by atoms with van der Waals surface area (Å²) in [6.45, 7) is 8.98. The number of fused-ring (bicyclic) bond motifs is 1. The molecule has 1 N–H and O–H groups in total. The maximum atomic E-state index is 13.4. The van der Waals surface area contributed by atoms with Crippen LogP contribution in [-0.2, 0) is 4.79 Å². The van der Waals surface area contributed by atoms with Crippen LogP contribution < -0.4 is 14.4 Å². The van der Waals surface area contributed by atoms with Gasteiger partial charge in [-0.25, -0.2) is 0 Å². The van der Waals surface area contributed by atoms with Crippen molar-refractivity contribution in [3.8, 4) is 11.5 Å². The Balaban J connectivity index is 1.88. The van der Waals surface area contributed by atoms with Gasteiger partial charge in [-0.3, -0.25) is 4.79 Å². The van der Waals surface area contributed by atoms with Gasteiger partial charge in [0.05, 0.1) is 25.5 Å². The summed E-state index contributed by atoms with van der Waals surface area (Å²) in [5.41, 5.74) is 0.113. The van der Waals surface area contributed by atoms with Gasteiger partial charge in [-0.2, -0.15) is 0 Å². The molecule has 0 spiro atoms. The van der Waals surface area contributed by atoms with Crippen LogP contribution >= 0.6 is 0 Å². The van der Waals surface area contributed by atoms with E-state index in [0.29, 0.717) is 23.8 Å². The summed E-state index contributed by atoms with van der Waals surface area (Å²) in [6.07, 6.45) is 5.58. The Bertz CT molecular complexity index is 765. The van der Waals surface area contributed by atoms with Gasteiger partial charge in [-0.05, 0) is 49.4 Å². The van der Waals surface area contributed by atoms with E-state index in [2.05, 4.69) is 20.8 Å². The Hall–Kier alpha value is -1.75. The molecule has 1 aromatic carbocycles. The van der Waals surface area contributed by atoms with Crippen LogP contribution in [0.4, 0.5) is 5.69 Å². The summed E-state index contributed by atoms with van der Waals surface area (Å²) in [7, 11) is 5.00. The van der Waals surface area contributed by atoms with Crippen molar-refractivity contribution < 1.29 is 19.4 Å². The number of anilines is 1. The highest BCUT2D eigenvalue weighted by Gasteiger charge is 2.58. The van der Waals surface area contributed by atoms with E-state index in [4.69, 9.17) is 9.47 Å². The second kappa shape index (κ2) is 8.07. The normalized spacial score (nSPS) is 32.8. The van der Waals surface area contributed by atoms with E-state index in [1.807, 2.05) is 19.1 Å². The van der Waals surface area contributed by atoms with Gasteiger partial charge in [0.2, 0.25) is 5.91 Å². The molecule has 5 nitrogen and oxygen atoms in total. The van der Waals surface area contributed by atoms with Crippen molar-refractivity contribution in [1.29, 1.82) is 0 Å². The number of hydrogen-bond acceptors (Lipinski definition) is 4. The second-order valence-corrected chi connectivity index (χ2v) is 10.6. The molecule has 4 atom stereocenters. The number of carbonyl (C=O) groups excluding carboxylic acids is 1. The molecular weight excluding hydrogens is 378 g/mol. The minimum atomic E-state index is -0.832. The summed E-state index contributed by atoms with van der Waals surface area (Å²) in [4.78, 5) is 15.1. The number of aliphatic hydroxyl groups is 1. The number of ether oxygens (including phenoxy) is 2. The Morgan fingerprint density at radius 3 is 2.23 bits per heavy atom. The number of rotatable bonds is 5. The number of carbonyl (C=O) groups is 1. The molecule has 0 heterocycles. The topological polar surface area (TPSA) is 59.0 Å². The highest BCUT2D eigenvalue weighted by molar-refractivity contribution is 5.93. The van der Waals surface area contributed by atoms with Gasteiger partial charge in [0, 0.05) is 37.6 Å². The van der Waals surface area contributed by atoms with E-state index in [1.54, 1.807) is 32.2 Å². The zero-order chi connectivity index (χ0) is 22.3. The molecule has 5 heteroatoms. The third kappa shape index (κ3) is 4.05. The van der Waals surface area contributed by atoms with Gasteiger partial charge in [-0.1, -0.05) is 27.2 Å². The first-order valence-electron chi connectivity index (χ1n) is 11.2. The Morgan fingerprint density at radius 1 is 1.07 bits per heavy atom. The molecule has 2 fully saturated rings. The average Bonchev–Trinajstić information content (AvgIpc) is 2.68. The second-order valence-electron chi connectivity index (χ2n) is 10.6. The van der Waals surface area contributed by atoms with Crippen LogP contribution in [0.3, 0.4) is 0 Å². The largest absolute Gasteiger partial charge is 0.497 e. The van der Waals surface area contributed by atoms with E-state index >= 15 is 0 Å². The summed E-state index contributed by atoms with van der Waals surface area (Å²) < 4.78 is 10.7. The Morgan fingerprint density at radius 2 is 1.67 bits per heavy atom. The summed E-state index contributed by atoms with van der Waals surface area (Å²) in [5, 5.41) is 11.4. The van der Waals surface area contributed by atoms with Crippen molar-refractivity contribution in [2.45, 2.75) is 71.8 Å². The molecule has 30 heavy (non-hydrogen) atoms. The fourth-order valence-electron chi connectivity index (χ4n) is 6.52. The van der Waals surface area contributed by atoms with E-state index in [0.717, 1.165) is 31.4 Å². The van der Waals surface area contributed by atoms with Crippen LogP contribution in [0.5, 0.6) is 11.5 Å². The van der Waals surface area contributed by atoms with Crippen molar-refractivity contribution in [3.63, 3.8) is 0 Å². The molecule has 3 rings (SSSR count). The molecule has 2 aliphatic carbocycles. The fraction of sp³-hybridized carbons (Fsp3) is 0.720. The molecule has 2 saturated carbocycles. The quantitative estimate of drug-likeness (QED) is 0.728. The van der Waals surface area contributed by atoms with Gasteiger partial charge < -0.3 is 19.5 Å². The molecule has 4 unspecified atom stereocenters. The number of methoxy groups -OCH3 is 2. The first kappa shape index (κ1) is 22.9. The van der Waals surface area contributed by atoms with E-state index < -0.39 is 5.60 Å². The van der Waals surface area contributed by atoms with Crippen molar-refractivity contribution in [1.82, 2.24) is 0 Å². The van der Waals surface area contributed by atoms with Crippen LogP contribution in [0, 0.1) is 22.7 Å². The summed E-state index contributed by atoms with van der Waals surface area (Å²) in [6, 6.07) is 5.48. The lowest BCUT2D eigenvalue weighted by molar-refractivity contribution is -0.172. The molecule has 1 aromatic rings. The van der Waals surface area contributed by atoms with Gasteiger partial charge >= 0.3 is 0 Å². The van der Waals surface area contributed by atoms with Crippen LogP contribution in [0.2, 0.25) is 0 Å². The van der Waals surface area contributed by atoms with Crippen LogP contribution in [0.1, 0.15) is 66.2 Å². The molecular formula is C25H39NO4. The molecule has 1 amide bonds. The number of benzene rings is 1. The molecule has 0 radical (unpaired) electrons. The monoisotopic (exact) mass is 417 g/mol. The van der Waals surface area contributed by atoms with E-state index in [1.165, 1.54) is 6.42 Å². The fourth-order valence-corrected chi connectivity index (χ4v) is 6.52. The standard InChI is InChI=1S/C25H39NO4/c1-23(2)10-8-11-24(3)20(23)9-12-25(4,28)21(24)16-22(27)26(5)17-13-18(29-6)15-19(14-17)30-7/h13-15,20-21,28H,8-12,16H2,1-7H3. The highest BCUT2D eigenvalue weighted by Crippen LogP contribution is 2.62. The summed E-state index contributed by atoms with van der Waals surface area (Å²) in [5.74, 6) is 1.77. The molecule has 0 aliphatic heterocycles. The number of nitrogens with zero attached hydrogens (tertiary/aromatic N) is 1. The predicted molar refractivity (Wildman–Crippen MR) is 120 cm³/mol. The van der Waals surface area contributed by atoms with E-state index in [9.17, 15) is 9.90 Å². The summed E-state index contributed by atoms with van der Waals surface area (Å²) >= 11 is 0. The molecule has 0 saturated heterocycles. The van der Waals surface area contributed by atoms with Crippen LogP contribution in [-0.4, -0.2) is 37.9 Å². The lowest BCUT2D eigenvalue weighted by atomic mass is 9.45. The lowest BCUT2D eigenvalue weighted by Crippen LogP contribution is -2.58. The van der Waals surface area contributed by atoms with Crippen LogP contribution in [0.15, 0.2) is 18.2 Å². The van der Waals surface area contributed by atoms with Crippen molar-refractivity contribution in [2.75, 3.05) is 26.2 Å². The average molecular weight is 418 g/mol. The van der Waals surface area contributed by atoms with Gasteiger partial charge in [0.25, 0.3) is 0 Å². The minimum Gasteiger partial charge on any atom is -0.497 e. The molecule has 168 valence electrons. The lowest BCUT2D eigenvalue weighted by Gasteiger charge is -2.61. The maximum absolute atomic E-state index is 13.4. The molecule has 2 aliphatic rings. The third-order valence-corrected chi connectivity index (χ3v) is 8.24. The predicted octanol–water partition coefficient (Wildman–Crippen LogP) is 5.05. The number of amides is 1. The highest BCUT2D eigenvalue weighted by atomic mass is 16.5. The maximum Gasteiger partial charge on any atom is 0.227 e. The zero-order valence-corrected chi connectivity index (χ0v) is 19.7.